The first-order chi connectivity index (χ1) is 15.8. The van der Waals surface area contributed by atoms with Gasteiger partial charge in [-0.05, 0) is 29.2 Å². The summed E-state index contributed by atoms with van der Waals surface area (Å²) in [4.78, 5) is 22.7. The van der Waals surface area contributed by atoms with Gasteiger partial charge in [0.25, 0.3) is 0 Å². The van der Waals surface area contributed by atoms with E-state index in [2.05, 4.69) is 94.6 Å². The summed E-state index contributed by atoms with van der Waals surface area (Å²) >= 11 is 0. The number of rotatable bonds is 5. The van der Waals surface area contributed by atoms with Gasteiger partial charge in [0.1, 0.15) is 0 Å². The molecule has 33 heavy (non-hydrogen) atoms. The van der Waals surface area contributed by atoms with Gasteiger partial charge >= 0.3 is 11.9 Å². The van der Waals surface area contributed by atoms with E-state index in [9.17, 15) is 0 Å². The molecule has 1 heterocycles. The van der Waals surface area contributed by atoms with Crippen molar-refractivity contribution in [1.29, 1.82) is 0 Å². The van der Waals surface area contributed by atoms with Gasteiger partial charge in [0.05, 0.1) is 11.9 Å². The number of carbonyl (C=O) groups is 2. The Bertz CT molecular complexity index is 1200. The van der Waals surface area contributed by atoms with Crippen molar-refractivity contribution in [3.8, 4) is 22.4 Å². The topological polar surface area (TPSA) is 104 Å². The van der Waals surface area contributed by atoms with Gasteiger partial charge in [-0.25, -0.2) is 14.6 Å². The summed E-state index contributed by atoms with van der Waals surface area (Å²) in [5.41, 5.74) is 7.25. The molecule has 0 radical (unpaired) electrons. The number of aliphatic carboxylic acids is 2. The maximum Gasteiger partial charge on any atom is 0.414 e. The molecular formula is C26H25N3O4. The molecule has 4 rings (SSSR count). The molecule has 7 heteroatoms. The van der Waals surface area contributed by atoms with Crippen LogP contribution >= 0.6 is 0 Å². The maximum atomic E-state index is 9.10. The first kappa shape index (κ1) is 23.3. The number of aryl methyl sites for hydroxylation is 1. The molecule has 0 unspecified atom stereocenters. The second kappa shape index (κ2) is 10.8. The molecule has 3 aromatic carbocycles. The molecule has 0 aliphatic heterocycles. The molecule has 4 aromatic rings. The third kappa shape index (κ3) is 6.30. The smallest absolute Gasteiger partial charge is 0.414 e. The van der Waals surface area contributed by atoms with Crippen molar-refractivity contribution in [1.82, 2.24) is 9.55 Å². The summed E-state index contributed by atoms with van der Waals surface area (Å²) in [6.07, 6.45) is 1.92. The fourth-order valence-electron chi connectivity index (χ4n) is 3.19. The number of nitrogens with one attached hydrogen (secondary N) is 1. The van der Waals surface area contributed by atoms with Crippen LogP contribution in [0.1, 0.15) is 11.1 Å². The molecule has 3 N–H and O–H groups in total. The van der Waals surface area contributed by atoms with Gasteiger partial charge in [-0.2, -0.15) is 0 Å². The van der Waals surface area contributed by atoms with E-state index in [0.717, 1.165) is 18.2 Å². The number of hydrogen-bond acceptors (Lipinski definition) is 4. The lowest BCUT2D eigenvalue weighted by Crippen LogP contribution is -2.09. The van der Waals surface area contributed by atoms with E-state index < -0.39 is 11.9 Å². The molecule has 0 bridgehead atoms. The highest BCUT2D eigenvalue weighted by Gasteiger charge is 2.08. The Hall–Kier alpha value is -4.39. The van der Waals surface area contributed by atoms with Crippen molar-refractivity contribution in [3.05, 3.63) is 96.2 Å². The predicted octanol–water partition coefficient (Wildman–Crippen LogP) is 4.83. The Balaban J connectivity index is 0.000000454. The predicted molar refractivity (Wildman–Crippen MR) is 128 cm³/mol. The lowest BCUT2D eigenvalue weighted by molar-refractivity contribution is -0.159. The number of carboxylic acids is 2. The molecule has 0 aliphatic carbocycles. The average molecular weight is 444 g/mol. The van der Waals surface area contributed by atoms with Gasteiger partial charge in [0, 0.05) is 13.6 Å². The Labute approximate surface area is 192 Å². The summed E-state index contributed by atoms with van der Waals surface area (Å²) in [5.74, 6) is -2.78. The number of imidazole rings is 1. The fraction of sp³-hybridized carbons (Fsp3) is 0.115. The Morgan fingerprint density at radius 3 is 1.94 bits per heavy atom. The van der Waals surface area contributed by atoms with Crippen LogP contribution in [0.5, 0.6) is 0 Å². The van der Waals surface area contributed by atoms with Gasteiger partial charge in [0.15, 0.2) is 0 Å². The van der Waals surface area contributed by atoms with Crippen molar-refractivity contribution in [2.24, 2.45) is 7.05 Å². The molecule has 0 saturated heterocycles. The number of hydrogen-bond donors (Lipinski definition) is 3. The van der Waals surface area contributed by atoms with Crippen LogP contribution in [-0.4, -0.2) is 31.7 Å². The van der Waals surface area contributed by atoms with Crippen LogP contribution in [-0.2, 0) is 23.2 Å². The lowest BCUT2D eigenvalue weighted by Gasteiger charge is -2.09. The molecule has 0 spiro atoms. The van der Waals surface area contributed by atoms with Crippen molar-refractivity contribution >= 4 is 17.9 Å². The fourth-order valence-corrected chi connectivity index (χ4v) is 3.19. The van der Waals surface area contributed by atoms with Crippen LogP contribution < -0.4 is 5.32 Å². The highest BCUT2D eigenvalue weighted by Crippen LogP contribution is 2.23. The minimum Gasteiger partial charge on any atom is -0.473 e. The highest BCUT2D eigenvalue weighted by molar-refractivity contribution is 6.27. The van der Waals surface area contributed by atoms with Gasteiger partial charge in [0.2, 0.25) is 5.95 Å². The van der Waals surface area contributed by atoms with E-state index in [-0.39, 0.29) is 0 Å². The number of carboxylic acid groups (broad SMARTS) is 2. The molecule has 0 saturated carbocycles. The highest BCUT2D eigenvalue weighted by atomic mass is 16.4. The molecule has 168 valence electrons. The second-order valence-corrected chi connectivity index (χ2v) is 7.42. The standard InChI is InChI=1S/C24H23N3.C2H2O4/c1-18-8-12-22(13-9-18)23-17-26-24(27(23)2)25-16-19-10-14-21(15-11-19)20-6-4-3-5-7-20;3-1(4)2(5)6/h3-15,17H,16H2,1-2H3,(H,25,26);(H,3,4)(H,5,6). The third-order valence-electron chi connectivity index (χ3n) is 5.03. The van der Waals surface area contributed by atoms with Gasteiger partial charge in [-0.3, -0.25) is 0 Å². The Morgan fingerprint density at radius 2 is 1.36 bits per heavy atom. The van der Waals surface area contributed by atoms with Gasteiger partial charge in [-0.1, -0.05) is 84.4 Å². The first-order valence-electron chi connectivity index (χ1n) is 10.3. The molecule has 0 amide bonds. The summed E-state index contributed by atoms with van der Waals surface area (Å²) in [6.45, 7) is 2.84. The number of aromatic nitrogens is 2. The van der Waals surface area contributed by atoms with E-state index in [1.165, 1.54) is 27.8 Å². The normalized spacial score (nSPS) is 10.1. The number of anilines is 1. The van der Waals surface area contributed by atoms with Crippen molar-refractivity contribution in [3.63, 3.8) is 0 Å². The van der Waals surface area contributed by atoms with Crippen molar-refractivity contribution in [2.45, 2.75) is 13.5 Å². The monoisotopic (exact) mass is 443 g/mol. The molecule has 0 fully saturated rings. The minimum absolute atomic E-state index is 0.743. The summed E-state index contributed by atoms with van der Waals surface area (Å²) in [6, 6.07) is 27.6. The number of benzene rings is 3. The van der Waals surface area contributed by atoms with E-state index in [4.69, 9.17) is 19.8 Å². The SMILES string of the molecule is Cc1ccc(-c2cnc(NCc3ccc(-c4ccccc4)cc3)n2C)cc1.O=C(O)C(=O)O. The van der Waals surface area contributed by atoms with E-state index in [1.807, 2.05) is 19.3 Å². The zero-order valence-corrected chi connectivity index (χ0v) is 18.4. The molecule has 0 aliphatic rings. The van der Waals surface area contributed by atoms with Crippen LogP contribution in [0.25, 0.3) is 22.4 Å². The first-order valence-corrected chi connectivity index (χ1v) is 10.3. The summed E-state index contributed by atoms with van der Waals surface area (Å²) in [7, 11) is 2.04. The summed E-state index contributed by atoms with van der Waals surface area (Å²) < 4.78 is 2.10. The lowest BCUT2D eigenvalue weighted by atomic mass is 10.0. The zero-order valence-electron chi connectivity index (χ0n) is 18.4. The van der Waals surface area contributed by atoms with Crippen LogP contribution in [0.3, 0.4) is 0 Å². The Kier molecular flexibility index (Phi) is 7.60. The van der Waals surface area contributed by atoms with Crippen LogP contribution in [0, 0.1) is 6.92 Å². The second-order valence-electron chi connectivity index (χ2n) is 7.42. The molecule has 7 nitrogen and oxygen atoms in total. The molecular weight excluding hydrogens is 418 g/mol. The van der Waals surface area contributed by atoms with E-state index in [0.29, 0.717) is 0 Å². The van der Waals surface area contributed by atoms with Crippen LogP contribution in [0.4, 0.5) is 5.95 Å². The van der Waals surface area contributed by atoms with Crippen molar-refractivity contribution < 1.29 is 19.8 Å². The molecule has 0 atom stereocenters. The van der Waals surface area contributed by atoms with E-state index in [1.54, 1.807) is 0 Å². The van der Waals surface area contributed by atoms with Crippen molar-refractivity contribution in [2.75, 3.05) is 5.32 Å². The zero-order chi connectivity index (χ0) is 23.8. The average Bonchev–Trinajstić information content (AvgIpc) is 3.19. The quantitative estimate of drug-likeness (QED) is 0.382. The van der Waals surface area contributed by atoms with Gasteiger partial charge in [-0.15, -0.1) is 0 Å². The van der Waals surface area contributed by atoms with Crippen LogP contribution in [0.15, 0.2) is 85.1 Å². The molecule has 1 aromatic heterocycles. The minimum atomic E-state index is -1.82. The van der Waals surface area contributed by atoms with Crippen LogP contribution in [0.2, 0.25) is 0 Å². The number of nitrogens with zero attached hydrogens (tertiary/aromatic N) is 2. The summed E-state index contributed by atoms with van der Waals surface area (Å²) in [5, 5.41) is 18.2. The third-order valence-corrected chi connectivity index (χ3v) is 5.03. The Morgan fingerprint density at radius 1 is 0.818 bits per heavy atom. The maximum absolute atomic E-state index is 9.10. The van der Waals surface area contributed by atoms with Gasteiger partial charge < -0.3 is 20.1 Å². The van der Waals surface area contributed by atoms with E-state index >= 15 is 0 Å². The largest absolute Gasteiger partial charge is 0.473 e.